The lowest BCUT2D eigenvalue weighted by Gasteiger charge is -2.26. The van der Waals surface area contributed by atoms with Crippen molar-refractivity contribution in [3.05, 3.63) is 73.1 Å². The smallest absolute Gasteiger partial charge is 0.159 e. The molecule has 9 nitrogen and oxygen atoms in total. The van der Waals surface area contributed by atoms with Crippen LogP contribution in [0, 0.1) is 0 Å². The SMILES string of the molecule is c1cncc(-c2nccc3[nH]c(-c4n[nH]c5cnc(-c6cncc(CN7CCCCC7)c6)cc45)nc23)c1. The number of aromatic amines is 2. The van der Waals surface area contributed by atoms with Crippen LogP contribution in [0.25, 0.3) is 56.0 Å². The minimum atomic E-state index is 0.675. The Balaban J connectivity index is 1.26. The van der Waals surface area contributed by atoms with Crippen LogP contribution < -0.4 is 0 Å². The number of likely N-dealkylation sites (tertiary alicyclic amines) is 1. The summed E-state index contributed by atoms with van der Waals surface area (Å²) in [6, 6.07) is 10.1. The lowest BCUT2D eigenvalue weighted by Crippen LogP contribution is -2.29. The van der Waals surface area contributed by atoms with E-state index < -0.39 is 0 Å². The van der Waals surface area contributed by atoms with Crippen molar-refractivity contribution in [2.45, 2.75) is 25.8 Å². The average molecular weight is 488 g/mol. The summed E-state index contributed by atoms with van der Waals surface area (Å²) in [5.74, 6) is 0.675. The molecule has 1 saturated heterocycles. The quantitative estimate of drug-likeness (QED) is 0.352. The number of nitrogens with one attached hydrogen (secondary N) is 2. The van der Waals surface area contributed by atoms with Crippen molar-refractivity contribution in [1.82, 2.24) is 45.0 Å². The van der Waals surface area contributed by atoms with Gasteiger partial charge in [0.15, 0.2) is 5.82 Å². The summed E-state index contributed by atoms with van der Waals surface area (Å²) >= 11 is 0. The van der Waals surface area contributed by atoms with Gasteiger partial charge in [-0.3, -0.25) is 29.9 Å². The van der Waals surface area contributed by atoms with Crippen LogP contribution in [-0.4, -0.2) is 58.1 Å². The minimum absolute atomic E-state index is 0.675. The van der Waals surface area contributed by atoms with E-state index in [2.05, 4.69) is 47.2 Å². The maximum absolute atomic E-state index is 4.90. The summed E-state index contributed by atoms with van der Waals surface area (Å²) in [4.78, 5) is 28.8. The molecule has 182 valence electrons. The van der Waals surface area contributed by atoms with E-state index in [1.54, 1.807) is 18.6 Å². The number of fused-ring (bicyclic) bond motifs is 2. The molecule has 9 heteroatoms. The van der Waals surface area contributed by atoms with E-state index in [9.17, 15) is 0 Å². The van der Waals surface area contributed by atoms with Gasteiger partial charge in [-0.1, -0.05) is 6.42 Å². The van der Waals surface area contributed by atoms with Crippen LogP contribution in [0.5, 0.6) is 0 Å². The molecule has 1 fully saturated rings. The van der Waals surface area contributed by atoms with Crippen molar-refractivity contribution in [2.75, 3.05) is 13.1 Å². The van der Waals surface area contributed by atoms with Crippen molar-refractivity contribution in [2.24, 2.45) is 0 Å². The van der Waals surface area contributed by atoms with Crippen LogP contribution in [-0.2, 0) is 6.54 Å². The fourth-order valence-electron chi connectivity index (χ4n) is 5.11. The van der Waals surface area contributed by atoms with Gasteiger partial charge < -0.3 is 4.98 Å². The fourth-order valence-corrected chi connectivity index (χ4v) is 5.11. The van der Waals surface area contributed by atoms with Gasteiger partial charge in [0.1, 0.15) is 11.2 Å². The third-order valence-electron chi connectivity index (χ3n) is 6.95. The lowest BCUT2D eigenvalue weighted by atomic mass is 10.1. The van der Waals surface area contributed by atoms with Crippen LogP contribution in [0.1, 0.15) is 24.8 Å². The number of hydrogen-bond donors (Lipinski definition) is 2. The second-order valence-corrected chi connectivity index (χ2v) is 9.49. The Hall–Kier alpha value is -4.50. The van der Waals surface area contributed by atoms with Gasteiger partial charge in [-0.15, -0.1) is 0 Å². The number of rotatable bonds is 5. The van der Waals surface area contributed by atoms with Gasteiger partial charge >= 0.3 is 0 Å². The summed E-state index contributed by atoms with van der Waals surface area (Å²) in [5.41, 5.74) is 8.03. The summed E-state index contributed by atoms with van der Waals surface area (Å²) in [6.07, 6.45) is 14.9. The minimum Gasteiger partial charge on any atom is -0.336 e. The third-order valence-corrected chi connectivity index (χ3v) is 6.95. The molecule has 0 saturated carbocycles. The van der Waals surface area contributed by atoms with Crippen LogP contribution in [0.4, 0.5) is 0 Å². The fraction of sp³-hybridized carbons (Fsp3) is 0.214. The topological polar surface area (TPSA) is 112 Å². The van der Waals surface area contributed by atoms with Crippen molar-refractivity contribution in [3.63, 3.8) is 0 Å². The molecule has 1 aliphatic rings. The third kappa shape index (κ3) is 4.13. The molecule has 7 heterocycles. The van der Waals surface area contributed by atoms with Gasteiger partial charge in [-0.05, 0) is 61.8 Å². The molecule has 0 unspecified atom stereocenters. The number of pyridine rings is 4. The zero-order valence-electron chi connectivity index (χ0n) is 20.2. The number of aromatic nitrogens is 8. The standard InChI is InChI=1S/C28H25N9/c1-2-9-37(10-3-1)17-18-11-20(15-30-13-18)23-12-21-24(16-32-23)35-36-26(21)28-33-22-6-8-31-25(27(22)34-28)19-5-4-7-29-14-19/h4-8,11-16H,1-3,9-10,17H2,(H,33,34)(H,35,36). The Morgan fingerprint density at radius 1 is 0.811 bits per heavy atom. The first-order valence-electron chi connectivity index (χ1n) is 12.6. The van der Waals surface area contributed by atoms with Crippen molar-refractivity contribution < 1.29 is 0 Å². The van der Waals surface area contributed by atoms with Crippen molar-refractivity contribution in [3.8, 4) is 34.0 Å². The molecule has 0 bridgehead atoms. The number of hydrogen-bond acceptors (Lipinski definition) is 7. The Bertz CT molecular complexity index is 1700. The molecular weight excluding hydrogens is 462 g/mol. The van der Waals surface area contributed by atoms with E-state index in [0.717, 1.165) is 69.8 Å². The predicted molar refractivity (Wildman–Crippen MR) is 142 cm³/mol. The molecule has 0 aliphatic carbocycles. The zero-order valence-corrected chi connectivity index (χ0v) is 20.2. The Morgan fingerprint density at radius 3 is 2.62 bits per heavy atom. The van der Waals surface area contributed by atoms with Crippen molar-refractivity contribution in [1.29, 1.82) is 0 Å². The molecule has 0 amide bonds. The van der Waals surface area contributed by atoms with Gasteiger partial charge in [0.25, 0.3) is 0 Å². The van der Waals surface area contributed by atoms with E-state index in [-0.39, 0.29) is 0 Å². The molecule has 1 aliphatic heterocycles. The second kappa shape index (κ2) is 9.18. The monoisotopic (exact) mass is 487 g/mol. The maximum Gasteiger partial charge on any atom is 0.159 e. The Kier molecular flexibility index (Phi) is 5.40. The van der Waals surface area contributed by atoms with Crippen LogP contribution in [0.3, 0.4) is 0 Å². The highest BCUT2D eigenvalue weighted by molar-refractivity contribution is 5.96. The summed E-state index contributed by atoms with van der Waals surface area (Å²) < 4.78 is 0. The molecule has 37 heavy (non-hydrogen) atoms. The maximum atomic E-state index is 4.90. The normalized spacial score (nSPS) is 14.5. The molecule has 6 aromatic rings. The van der Waals surface area contributed by atoms with Gasteiger partial charge in [0.2, 0.25) is 0 Å². The Morgan fingerprint density at radius 2 is 1.73 bits per heavy atom. The van der Waals surface area contributed by atoms with E-state index in [1.165, 1.54) is 24.8 Å². The van der Waals surface area contributed by atoms with Crippen LogP contribution >= 0.6 is 0 Å². The van der Waals surface area contributed by atoms with Crippen LogP contribution in [0.15, 0.2) is 67.5 Å². The van der Waals surface area contributed by atoms with E-state index in [4.69, 9.17) is 9.97 Å². The highest BCUT2D eigenvalue weighted by Crippen LogP contribution is 2.31. The first-order chi connectivity index (χ1) is 18.3. The van der Waals surface area contributed by atoms with Gasteiger partial charge in [-0.25, -0.2) is 4.98 Å². The van der Waals surface area contributed by atoms with Crippen LogP contribution in [0.2, 0.25) is 0 Å². The first-order valence-corrected chi connectivity index (χ1v) is 12.6. The average Bonchev–Trinajstić information content (AvgIpc) is 3.58. The van der Waals surface area contributed by atoms with E-state index in [0.29, 0.717) is 5.82 Å². The largest absolute Gasteiger partial charge is 0.336 e. The summed E-state index contributed by atoms with van der Waals surface area (Å²) in [5, 5.41) is 8.63. The number of piperidine rings is 1. The van der Waals surface area contributed by atoms with Gasteiger partial charge in [0, 0.05) is 54.0 Å². The molecule has 7 rings (SSSR count). The molecule has 0 spiro atoms. The van der Waals surface area contributed by atoms with Gasteiger partial charge in [-0.2, -0.15) is 5.10 Å². The lowest BCUT2D eigenvalue weighted by molar-refractivity contribution is 0.220. The molecule has 2 N–H and O–H groups in total. The highest BCUT2D eigenvalue weighted by Gasteiger charge is 2.17. The molecule has 0 aromatic carbocycles. The molecule has 0 atom stereocenters. The van der Waals surface area contributed by atoms with Crippen molar-refractivity contribution >= 4 is 21.9 Å². The summed E-state index contributed by atoms with van der Waals surface area (Å²) in [6.45, 7) is 3.23. The number of H-pyrrole nitrogens is 2. The van der Waals surface area contributed by atoms with Gasteiger partial charge in [0.05, 0.1) is 28.6 Å². The Labute approximate surface area is 213 Å². The zero-order chi connectivity index (χ0) is 24.6. The first kappa shape index (κ1) is 21.8. The summed E-state index contributed by atoms with van der Waals surface area (Å²) in [7, 11) is 0. The van der Waals surface area contributed by atoms with E-state index >= 15 is 0 Å². The number of imidazole rings is 1. The highest BCUT2D eigenvalue weighted by atomic mass is 15.1. The van der Waals surface area contributed by atoms with E-state index in [1.807, 2.05) is 36.8 Å². The predicted octanol–water partition coefficient (Wildman–Crippen LogP) is 5.01. The number of nitrogens with zero attached hydrogens (tertiary/aromatic N) is 7. The second-order valence-electron chi connectivity index (χ2n) is 9.49. The molecule has 0 radical (unpaired) electrons. The molecular formula is C28H25N9. The molecule has 6 aromatic heterocycles.